The van der Waals surface area contributed by atoms with Gasteiger partial charge in [0, 0.05) is 38.1 Å². The molecule has 2 aliphatic heterocycles. The van der Waals surface area contributed by atoms with Crippen LogP contribution in [-0.2, 0) is 4.79 Å². The summed E-state index contributed by atoms with van der Waals surface area (Å²) in [5.41, 5.74) is 1.55. The van der Waals surface area contributed by atoms with E-state index in [-0.39, 0.29) is 17.5 Å². The van der Waals surface area contributed by atoms with Crippen molar-refractivity contribution in [2.24, 2.45) is 0 Å². The highest BCUT2D eigenvalue weighted by atomic mass is 32.2. The van der Waals surface area contributed by atoms with Crippen LogP contribution in [-0.4, -0.2) is 41.3 Å². The molecule has 144 valence electrons. The summed E-state index contributed by atoms with van der Waals surface area (Å²) in [6.07, 6.45) is 1.85. The molecule has 2 saturated heterocycles. The minimum atomic E-state index is -0.358. The second kappa shape index (κ2) is 7.89. The Hall–Kier alpha value is -2.45. The number of hydrogen-bond acceptors (Lipinski definition) is 5. The van der Waals surface area contributed by atoms with Gasteiger partial charge in [-0.05, 0) is 48.5 Å². The van der Waals surface area contributed by atoms with E-state index in [1.807, 2.05) is 6.20 Å². The first kappa shape index (κ1) is 18.9. The maximum Gasteiger partial charge on any atom is 0.272 e. The third-order valence-corrected chi connectivity index (χ3v) is 5.97. The molecule has 0 N–H and O–H groups in total. The van der Waals surface area contributed by atoms with E-state index in [0.717, 1.165) is 31.9 Å². The van der Waals surface area contributed by atoms with Gasteiger partial charge in [0.2, 0.25) is 0 Å². The highest BCUT2D eigenvalue weighted by molar-refractivity contribution is 8.27. The monoisotopic (exact) mass is 417 g/mol. The number of amides is 1. The fourth-order valence-corrected chi connectivity index (χ4v) is 4.50. The fraction of sp³-hybridized carbons (Fsp3) is 0.200. The van der Waals surface area contributed by atoms with Crippen molar-refractivity contribution in [3.05, 3.63) is 71.3 Å². The first-order chi connectivity index (χ1) is 13.5. The van der Waals surface area contributed by atoms with Crippen LogP contribution in [0.4, 0.5) is 20.2 Å². The minimum absolute atomic E-state index is 0.192. The van der Waals surface area contributed by atoms with Gasteiger partial charge in [0.25, 0.3) is 5.91 Å². The van der Waals surface area contributed by atoms with Gasteiger partial charge in [-0.25, -0.2) is 8.78 Å². The van der Waals surface area contributed by atoms with Crippen LogP contribution in [0.2, 0.25) is 0 Å². The Morgan fingerprint density at radius 3 is 1.96 bits per heavy atom. The summed E-state index contributed by atoms with van der Waals surface area (Å²) >= 11 is 6.60. The zero-order chi connectivity index (χ0) is 19.7. The van der Waals surface area contributed by atoms with Gasteiger partial charge in [-0.2, -0.15) is 0 Å². The van der Waals surface area contributed by atoms with E-state index in [9.17, 15) is 13.6 Å². The summed E-state index contributed by atoms with van der Waals surface area (Å²) in [4.78, 5) is 19.0. The summed E-state index contributed by atoms with van der Waals surface area (Å²) in [6.45, 7) is 3.05. The normalized spacial score (nSPS) is 19.1. The Morgan fingerprint density at radius 1 is 0.857 bits per heavy atom. The van der Waals surface area contributed by atoms with Crippen LogP contribution in [0.5, 0.6) is 0 Å². The summed E-state index contributed by atoms with van der Waals surface area (Å²) in [6, 6.07) is 12.2. The van der Waals surface area contributed by atoms with Gasteiger partial charge in [-0.15, -0.1) is 0 Å². The average Bonchev–Trinajstić information content (AvgIpc) is 2.97. The smallest absolute Gasteiger partial charge is 0.272 e. The lowest BCUT2D eigenvalue weighted by Crippen LogP contribution is -2.44. The number of carbonyl (C=O) groups is 1. The van der Waals surface area contributed by atoms with Crippen LogP contribution in [0, 0.1) is 11.6 Å². The number of hydrogen-bond donors (Lipinski definition) is 0. The molecule has 0 saturated carbocycles. The summed E-state index contributed by atoms with van der Waals surface area (Å²) in [5.74, 6) is -0.795. The maximum absolute atomic E-state index is 13.1. The van der Waals surface area contributed by atoms with Crippen LogP contribution in [0.25, 0.3) is 0 Å². The molecule has 0 atom stereocenters. The van der Waals surface area contributed by atoms with Crippen molar-refractivity contribution in [3.8, 4) is 0 Å². The zero-order valence-corrected chi connectivity index (χ0v) is 16.5. The largest absolute Gasteiger partial charge is 0.373 e. The van der Waals surface area contributed by atoms with Gasteiger partial charge in [-0.3, -0.25) is 9.69 Å². The Labute approximate surface area is 171 Å². The molecule has 0 bridgehead atoms. The lowest BCUT2D eigenvalue weighted by atomic mass is 10.2. The van der Waals surface area contributed by atoms with Gasteiger partial charge in [0.1, 0.15) is 11.6 Å². The molecule has 1 amide bonds. The number of piperazine rings is 1. The van der Waals surface area contributed by atoms with Gasteiger partial charge in [0.15, 0.2) is 4.32 Å². The van der Waals surface area contributed by atoms with Crippen LogP contribution in [0.1, 0.15) is 0 Å². The number of carbonyl (C=O) groups excluding carboxylic acids is 1. The van der Waals surface area contributed by atoms with Gasteiger partial charge >= 0.3 is 0 Å². The highest BCUT2D eigenvalue weighted by Gasteiger charge is 2.34. The van der Waals surface area contributed by atoms with Gasteiger partial charge in [0.05, 0.1) is 10.6 Å². The number of nitrogens with zero attached hydrogens (tertiary/aromatic N) is 3. The Kier molecular flexibility index (Phi) is 5.32. The third-order valence-electron chi connectivity index (χ3n) is 4.68. The minimum Gasteiger partial charge on any atom is -0.373 e. The van der Waals surface area contributed by atoms with Gasteiger partial charge in [-0.1, -0.05) is 24.0 Å². The maximum atomic E-state index is 13.1. The number of halogens is 2. The van der Waals surface area contributed by atoms with Crippen molar-refractivity contribution in [2.75, 3.05) is 36.0 Å². The number of thiocarbonyl (C=S) groups is 1. The predicted molar refractivity (Wildman–Crippen MR) is 112 cm³/mol. The first-order valence-corrected chi connectivity index (χ1v) is 10.0. The molecular formula is C20H17F2N3OS2. The second-order valence-corrected chi connectivity index (χ2v) is 8.15. The predicted octanol–water partition coefficient (Wildman–Crippen LogP) is 3.99. The van der Waals surface area contributed by atoms with Crippen LogP contribution < -0.4 is 9.80 Å². The molecule has 4 nitrogen and oxygen atoms in total. The number of rotatable bonds is 3. The van der Waals surface area contributed by atoms with E-state index in [0.29, 0.717) is 14.9 Å². The van der Waals surface area contributed by atoms with Crippen molar-refractivity contribution in [1.82, 2.24) is 4.90 Å². The number of thioether (sulfide) groups is 1. The van der Waals surface area contributed by atoms with E-state index < -0.39 is 0 Å². The van der Waals surface area contributed by atoms with E-state index in [4.69, 9.17) is 12.2 Å². The Bertz CT molecular complexity index is 923. The highest BCUT2D eigenvalue weighted by Crippen LogP contribution is 2.35. The molecule has 2 aliphatic rings. The molecule has 2 heterocycles. The lowest BCUT2D eigenvalue weighted by Gasteiger charge is -2.35. The number of anilines is 2. The molecule has 2 fully saturated rings. The third kappa shape index (κ3) is 3.88. The molecule has 0 aromatic heterocycles. The topological polar surface area (TPSA) is 26.8 Å². The SMILES string of the molecule is O=C1/C(=C/N2CCN(c3ccc(F)cc3)CC2)SC(=S)N1c1ccc(F)cc1. The molecule has 0 spiro atoms. The number of benzene rings is 2. The molecular weight excluding hydrogens is 400 g/mol. The lowest BCUT2D eigenvalue weighted by molar-refractivity contribution is -0.113. The molecule has 8 heteroatoms. The Balaban J connectivity index is 1.42. The first-order valence-electron chi connectivity index (χ1n) is 8.79. The quantitative estimate of drug-likeness (QED) is 0.556. The molecule has 0 aliphatic carbocycles. The Morgan fingerprint density at radius 2 is 1.39 bits per heavy atom. The van der Waals surface area contributed by atoms with Gasteiger partial charge < -0.3 is 9.80 Å². The van der Waals surface area contributed by atoms with Crippen molar-refractivity contribution in [1.29, 1.82) is 0 Å². The molecule has 0 radical (unpaired) electrons. The average molecular weight is 418 g/mol. The summed E-state index contributed by atoms with van der Waals surface area (Å²) in [5, 5.41) is 0. The summed E-state index contributed by atoms with van der Waals surface area (Å²) < 4.78 is 26.7. The van der Waals surface area contributed by atoms with Crippen molar-refractivity contribution in [3.63, 3.8) is 0 Å². The second-order valence-electron chi connectivity index (χ2n) is 6.48. The van der Waals surface area contributed by atoms with Crippen LogP contribution in [0.3, 0.4) is 0 Å². The van der Waals surface area contributed by atoms with E-state index in [1.165, 1.54) is 40.9 Å². The zero-order valence-electron chi connectivity index (χ0n) is 14.8. The van der Waals surface area contributed by atoms with E-state index >= 15 is 0 Å². The molecule has 2 aromatic rings. The standard InChI is InChI=1S/C20H17F2N3OS2/c21-14-1-5-16(6-2-14)24-11-9-23(10-12-24)13-18-19(26)25(20(27)28-18)17-7-3-15(22)4-8-17/h1-8,13H,9-12H2/b18-13-. The summed E-state index contributed by atoms with van der Waals surface area (Å²) in [7, 11) is 0. The van der Waals surface area contributed by atoms with Crippen molar-refractivity contribution in [2.45, 2.75) is 0 Å². The van der Waals surface area contributed by atoms with Crippen molar-refractivity contribution >= 4 is 45.6 Å². The van der Waals surface area contributed by atoms with Crippen molar-refractivity contribution < 1.29 is 13.6 Å². The molecule has 4 rings (SSSR count). The van der Waals surface area contributed by atoms with Crippen LogP contribution in [0.15, 0.2) is 59.6 Å². The molecule has 28 heavy (non-hydrogen) atoms. The molecule has 0 unspecified atom stereocenters. The fourth-order valence-electron chi connectivity index (χ4n) is 3.20. The van der Waals surface area contributed by atoms with Crippen LogP contribution >= 0.6 is 24.0 Å². The van der Waals surface area contributed by atoms with E-state index in [1.54, 1.807) is 24.3 Å². The molecule has 2 aromatic carbocycles. The van der Waals surface area contributed by atoms with E-state index in [2.05, 4.69) is 9.80 Å².